The summed E-state index contributed by atoms with van der Waals surface area (Å²) in [5.74, 6) is -1.75. The fourth-order valence-electron chi connectivity index (χ4n) is 2.12. The molecular weight excluding hydrogens is 284 g/mol. The van der Waals surface area contributed by atoms with E-state index in [1.54, 1.807) is 0 Å². The lowest BCUT2D eigenvalue weighted by Gasteiger charge is -2.26. The summed E-state index contributed by atoms with van der Waals surface area (Å²) in [7, 11) is 0. The summed E-state index contributed by atoms with van der Waals surface area (Å²) in [4.78, 5) is 34.6. The van der Waals surface area contributed by atoms with Crippen molar-refractivity contribution in [3.05, 3.63) is 35.9 Å². The Labute approximate surface area is 129 Å². The Morgan fingerprint density at radius 2 is 1.73 bits per heavy atom. The van der Waals surface area contributed by atoms with Gasteiger partial charge in [-0.25, -0.2) is 0 Å². The number of benzene rings is 1. The molecular formula is C16H22N2O4. The van der Waals surface area contributed by atoms with Crippen molar-refractivity contribution >= 4 is 17.7 Å². The maximum atomic E-state index is 12.1. The lowest BCUT2D eigenvalue weighted by atomic mass is 9.98. The first kappa shape index (κ1) is 17.8. The topological polar surface area (TPSA) is 95.5 Å². The summed E-state index contributed by atoms with van der Waals surface area (Å²) in [6, 6.07) is 7.85. The van der Waals surface area contributed by atoms with Gasteiger partial charge in [-0.1, -0.05) is 44.2 Å². The van der Waals surface area contributed by atoms with Crippen LogP contribution in [0.2, 0.25) is 0 Å². The number of rotatable bonds is 8. The van der Waals surface area contributed by atoms with Gasteiger partial charge in [0.05, 0.1) is 12.1 Å². The van der Waals surface area contributed by atoms with Gasteiger partial charge in [0, 0.05) is 0 Å². The molecule has 1 amide bonds. The van der Waals surface area contributed by atoms with Crippen molar-refractivity contribution in [1.82, 2.24) is 10.6 Å². The average Bonchev–Trinajstić information content (AvgIpc) is 2.45. The predicted molar refractivity (Wildman–Crippen MR) is 82.3 cm³/mol. The van der Waals surface area contributed by atoms with Crippen LogP contribution >= 0.6 is 0 Å². The van der Waals surface area contributed by atoms with E-state index in [2.05, 4.69) is 10.6 Å². The van der Waals surface area contributed by atoms with E-state index in [0.29, 0.717) is 0 Å². The quantitative estimate of drug-likeness (QED) is 0.669. The molecule has 2 atom stereocenters. The van der Waals surface area contributed by atoms with Gasteiger partial charge in [-0.2, -0.15) is 0 Å². The minimum absolute atomic E-state index is 0.0978. The Morgan fingerprint density at radius 3 is 2.18 bits per heavy atom. The predicted octanol–water partition coefficient (Wildman–Crippen LogP) is 1.13. The minimum Gasteiger partial charge on any atom is -0.480 e. The number of carboxylic acid groups (broad SMARTS) is 1. The monoisotopic (exact) mass is 306 g/mol. The summed E-state index contributed by atoms with van der Waals surface area (Å²) in [6.07, 6.45) is 0. The highest BCUT2D eigenvalue weighted by atomic mass is 16.4. The van der Waals surface area contributed by atoms with Gasteiger partial charge >= 0.3 is 5.97 Å². The van der Waals surface area contributed by atoms with Gasteiger partial charge in [0.15, 0.2) is 5.78 Å². The molecule has 0 heterocycles. The molecule has 0 fully saturated rings. The molecule has 0 aliphatic rings. The molecule has 6 nitrogen and oxygen atoms in total. The molecule has 0 aromatic heterocycles. The van der Waals surface area contributed by atoms with Crippen molar-refractivity contribution in [1.29, 1.82) is 0 Å². The molecule has 2 unspecified atom stereocenters. The second-order valence-corrected chi connectivity index (χ2v) is 5.45. The molecule has 0 saturated heterocycles. The van der Waals surface area contributed by atoms with E-state index in [9.17, 15) is 14.4 Å². The van der Waals surface area contributed by atoms with E-state index in [0.717, 1.165) is 5.56 Å². The maximum absolute atomic E-state index is 12.1. The molecule has 120 valence electrons. The van der Waals surface area contributed by atoms with Gasteiger partial charge in [-0.15, -0.1) is 0 Å². The smallest absolute Gasteiger partial charge is 0.322 e. The van der Waals surface area contributed by atoms with Crippen LogP contribution in [0.5, 0.6) is 0 Å². The second kappa shape index (κ2) is 8.29. The van der Waals surface area contributed by atoms with Crippen LogP contribution in [0, 0.1) is 5.92 Å². The Bertz CT molecular complexity index is 528. The normalized spacial score (nSPS) is 13.5. The highest BCUT2D eigenvalue weighted by Gasteiger charge is 2.28. The zero-order chi connectivity index (χ0) is 16.7. The molecule has 1 aromatic rings. The van der Waals surface area contributed by atoms with Crippen LogP contribution in [-0.2, 0) is 14.4 Å². The zero-order valence-electron chi connectivity index (χ0n) is 13.0. The molecule has 22 heavy (non-hydrogen) atoms. The maximum Gasteiger partial charge on any atom is 0.322 e. The Morgan fingerprint density at radius 1 is 1.14 bits per heavy atom. The number of carbonyl (C=O) groups is 3. The number of carboxylic acids is 1. The number of Topliss-reactive ketones (excluding diaryl/α,β-unsaturated/α-hetero) is 1. The first-order chi connectivity index (χ1) is 10.3. The minimum atomic E-state index is -1.11. The highest BCUT2D eigenvalue weighted by molar-refractivity contribution is 5.87. The van der Waals surface area contributed by atoms with Crippen LogP contribution in [0.3, 0.4) is 0 Å². The molecule has 1 rings (SSSR count). The molecule has 0 saturated carbocycles. The Kier molecular flexibility index (Phi) is 6.72. The van der Waals surface area contributed by atoms with Crippen molar-refractivity contribution in [3.63, 3.8) is 0 Å². The van der Waals surface area contributed by atoms with Gasteiger partial charge in [-0.3, -0.25) is 19.7 Å². The van der Waals surface area contributed by atoms with Gasteiger partial charge in [0.25, 0.3) is 0 Å². The number of hydrogen-bond donors (Lipinski definition) is 3. The van der Waals surface area contributed by atoms with E-state index < -0.39 is 30.5 Å². The van der Waals surface area contributed by atoms with Crippen LogP contribution in [0.25, 0.3) is 0 Å². The zero-order valence-corrected chi connectivity index (χ0v) is 13.0. The van der Waals surface area contributed by atoms with Crippen LogP contribution in [-0.4, -0.2) is 35.4 Å². The average molecular weight is 306 g/mol. The lowest BCUT2D eigenvalue weighted by molar-refractivity contribution is -0.138. The summed E-state index contributed by atoms with van der Waals surface area (Å²) in [5.41, 5.74) is 0.770. The molecule has 0 spiro atoms. The fourth-order valence-corrected chi connectivity index (χ4v) is 2.12. The van der Waals surface area contributed by atoms with Crippen molar-refractivity contribution in [3.8, 4) is 0 Å². The van der Waals surface area contributed by atoms with E-state index in [1.807, 2.05) is 44.2 Å². The van der Waals surface area contributed by atoms with Crippen LogP contribution in [0.4, 0.5) is 0 Å². The number of hydrogen-bond acceptors (Lipinski definition) is 4. The van der Waals surface area contributed by atoms with Crippen molar-refractivity contribution in [2.24, 2.45) is 5.92 Å². The van der Waals surface area contributed by atoms with Gasteiger partial charge < -0.3 is 10.4 Å². The third-order valence-electron chi connectivity index (χ3n) is 3.25. The molecule has 3 N–H and O–H groups in total. The van der Waals surface area contributed by atoms with Gasteiger partial charge in [0.2, 0.25) is 5.91 Å². The standard InChI is InChI=1S/C16H22N2O4/c1-10(2)14(16(22)17-9-13(20)21)18-15(11(3)19)12-7-5-4-6-8-12/h4-8,10,14-15,18H,9H2,1-3H3,(H,17,22)(H,20,21). The SMILES string of the molecule is CC(=O)C(NC(C(=O)NCC(=O)O)C(C)C)c1ccccc1. The fraction of sp³-hybridized carbons (Fsp3) is 0.438. The number of nitrogens with one attached hydrogen (secondary N) is 2. The van der Waals surface area contributed by atoms with Crippen LogP contribution in [0.1, 0.15) is 32.4 Å². The van der Waals surface area contributed by atoms with Crippen molar-refractivity contribution in [2.75, 3.05) is 6.54 Å². The largest absolute Gasteiger partial charge is 0.480 e. The van der Waals surface area contributed by atoms with Gasteiger partial charge in [-0.05, 0) is 18.4 Å². The summed E-state index contributed by atoms with van der Waals surface area (Å²) >= 11 is 0. The molecule has 1 aromatic carbocycles. The molecule has 0 aliphatic carbocycles. The van der Waals surface area contributed by atoms with Crippen molar-refractivity contribution < 1.29 is 19.5 Å². The van der Waals surface area contributed by atoms with E-state index in [1.165, 1.54) is 6.92 Å². The third-order valence-corrected chi connectivity index (χ3v) is 3.25. The van der Waals surface area contributed by atoms with E-state index >= 15 is 0 Å². The highest BCUT2D eigenvalue weighted by Crippen LogP contribution is 2.16. The number of ketones is 1. The molecule has 0 aliphatic heterocycles. The first-order valence-corrected chi connectivity index (χ1v) is 7.14. The van der Waals surface area contributed by atoms with Crippen LogP contribution < -0.4 is 10.6 Å². The molecule has 0 bridgehead atoms. The van der Waals surface area contributed by atoms with E-state index in [4.69, 9.17) is 5.11 Å². The van der Waals surface area contributed by atoms with Crippen LogP contribution in [0.15, 0.2) is 30.3 Å². The van der Waals surface area contributed by atoms with E-state index in [-0.39, 0.29) is 11.7 Å². The molecule has 6 heteroatoms. The second-order valence-electron chi connectivity index (χ2n) is 5.45. The summed E-state index contributed by atoms with van der Waals surface area (Å²) in [6.45, 7) is 4.68. The Balaban J connectivity index is 2.89. The number of amides is 1. The summed E-state index contributed by atoms with van der Waals surface area (Å²) in [5, 5.41) is 14.0. The first-order valence-electron chi connectivity index (χ1n) is 7.14. The van der Waals surface area contributed by atoms with Gasteiger partial charge in [0.1, 0.15) is 6.54 Å². The molecule has 0 radical (unpaired) electrons. The number of carbonyl (C=O) groups excluding carboxylic acids is 2. The third kappa shape index (κ3) is 5.29. The number of aliphatic carboxylic acids is 1. The lowest BCUT2D eigenvalue weighted by Crippen LogP contribution is -2.50. The summed E-state index contributed by atoms with van der Waals surface area (Å²) < 4.78 is 0. The van der Waals surface area contributed by atoms with Crippen molar-refractivity contribution in [2.45, 2.75) is 32.9 Å². The Hall–Kier alpha value is -2.21.